The van der Waals surface area contributed by atoms with E-state index in [2.05, 4.69) is 54.7 Å². The summed E-state index contributed by atoms with van der Waals surface area (Å²) in [6.45, 7) is 2.36. The van der Waals surface area contributed by atoms with Gasteiger partial charge in [-0.05, 0) is 49.7 Å². The number of hydrogen-bond donors (Lipinski definition) is 1. The number of fused-ring (bicyclic) bond motifs is 1. The van der Waals surface area contributed by atoms with Crippen LogP contribution in [0.4, 0.5) is 0 Å². The normalized spacial score (nSPS) is 35.1. The molecule has 1 aromatic rings. The van der Waals surface area contributed by atoms with Crippen molar-refractivity contribution >= 4 is 23.5 Å². The molecule has 0 amide bonds. The minimum Gasteiger partial charge on any atom is -0.376 e. The largest absolute Gasteiger partial charge is 0.376 e. The van der Waals surface area contributed by atoms with Crippen LogP contribution in [0.3, 0.4) is 0 Å². The highest BCUT2D eigenvalue weighted by Crippen LogP contribution is 2.52. The lowest BCUT2D eigenvalue weighted by molar-refractivity contribution is -0.119. The van der Waals surface area contributed by atoms with Gasteiger partial charge < -0.3 is 5.11 Å². The van der Waals surface area contributed by atoms with E-state index in [4.69, 9.17) is 0 Å². The molecule has 4 atom stereocenters. The number of benzene rings is 1. The molecule has 0 bridgehead atoms. The quantitative estimate of drug-likeness (QED) is 0.828. The van der Waals surface area contributed by atoms with Crippen molar-refractivity contribution in [1.82, 2.24) is 4.90 Å². The van der Waals surface area contributed by atoms with E-state index >= 15 is 0 Å². The molecule has 22 heavy (non-hydrogen) atoms. The number of thioether (sulfide) groups is 2. The summed E-state index contributed by atoms with van der Waals surface area (Å²) in [7, 11) is 0. The third kappa shape index (κ3) is 2.72. The standard InChI is InChI=1S/C18H27NOS2/c1-13-9-10-16(14-7-5-4-6-8-14)19-15(13)11-12-18(21-2,22-3)17(19)20/h4-8,13,15-17,20H,9-12H2,1-3H3/t13-,15+,16+,17-/m0/s1. The highest BCUT2D eigenvalue weighted by Gasteiger charge is 2.51. The molecule has 4 heteroatoms. The number of aliphatic hydroxyl groups is 1. The molecule has 1 N–H and O–H groups in total. The lowest BCUT2D eigenvalue weighted by Crippen LogP contribution is -2.61. The SMILES string of the molecule is CSC1(SC)CC[C@@H]2[C@@H](C)CC[C@H](c3ccccc3)N2[C@H]1O. The number of piperidine rings is 2. The highest BCUT2D eigenvalue weighted by molar-refractivity contribution is 8.17. The van der Waals surface area contributed by atoms with Crippen molar-refractivity contribution in [3.05, 3.63) is 35.9 Å². The van der Waals surface area contributed by atoms with Gasteiger partial charge in [-0.15, -0.1) is 23.5 Å². The van der Waals surface area contributed by atoms with Crippen molar-refractivity contribution in [1.29, 1.82) is 0 Å². The molecule has 0 spiro atoms. The van der Waals surface area contributed by atoms with E-state index in [1.54, 1.807) is 0 Å². The Morgan fingerprint density at radius 3 is 2.41 bits per heavy atom. The van der Waals surface area contributed by atoms with Gasteiger partial charge in [0.15, 0.2) is 0 Å². The zero-order chi connectivity index (χ0) is 15.7. The van der Waals surface area contributed by atoms with Crippen LogP contribution in [-0.2, 0) is 0 Å². The van der Waals surface area contributed by atoms with E-state index in [9.17, 15) is 5.11 Å². The average Bonchev–Trinajstić information content (AvgIpc) is 2.57. The molecule has 0 radical (unpaired) electrons. The second-order valence-corrected chi connectivity index (χ2v) is 9.16. The first-order valence-electron chi connectivity index (χ1n) is 8.23. The molecule has 0 aliphatic carbocycles. The second-order valence-electron chi connectivity index (χ2n) is 6.63. The van der Waals surface area contributed by atoms with Crippen LogP contribution in [0.15, 0.2) is 30.3 Å². The maximum absolute atomic E-state index is 11.2. The molecule has 2 nitrogen and oxygen atoms in total. The lowest BCUT2D eigenvalue weighted by atomic mass is 9.79. The molecule has 1 aromatic carbocycles. The van der Waals surface area contributed by atoms with Gasteiger partial charge in [-0.2, -0.15) is 0 Å². The summed E-state index contributed by atoms with van der Waals surface area (Å²) in [6.07, 6.45) is 8.63. The molecule has 2 aliphatic heterocycles. The Kier molecular flexibility index (Phi) is 5.13. The monoisotopic (exact) mass is 337 g/mol. The van der Waals surface area contributed by atoms with Gasteiger partial charge in [0.25, 0.3) is 0 Å². The summed E-state index contributed by atoms with van der Waals surface area (Å²) < 4.78 is -0.0827. The average molecular weight is 338 g/mol. The molecule has 2 aliphatic rings. The summed E-state index contributed by atoms with van der Waals surface area (Å²) in [6, 6.07) is 11.6. The van der Waals surface area contributed by atoms with E-state index in [1.807, 2.05) is 23.5 Å². The van der Waals surface area contributed by atoms with Gasteiger partial charge in [0.05, 0.1) is 4.08 Å². The molecule has 0 saturated carbocycles. The molecule has 2 heterocycles. The van der Waals surface area contributed by atoms with Crippen LogP contribution in [0.1, 0.15) is 44.2 Å². The van der Waals surface area contributed by atoms with E-state index in [0.29, 0.717) is 18.0 Å². The third-order valence-electron chi connectivity index (χ3n) is 5.63. The lowest BCUT2D eigenvalue weighted by Gasteiger charge is -2.56. The summed E-state index contributed by atoms with van der Waals surface area (Å²) in [4.78, 5) is 2.44. The summed E-state index contributed by atoms with van der Waals surface area (Å²) in [5.41, 5.74) is 1.36. The molecular formula is C18H27NOS2. The fourth-order valence-electron chi connectivity index (χ4n) is 4.29. The van der Waals surface area contributed by atoms with Gasteiger partial charge >= 0.3 is 0 Å². The number of aliphatic hydroxyl groups excluding tert-OH is 1. The first kappa shape index (κ1) is 16.7. The smallest absolute Gasteiger partial charge is 0.132 e. The van der Waals surface area contributed by atoms with E-state index in [-0.39, 0.29) is 10.3 Å². The van der Waals surface area contributed by atoms with Crippen molar-refractivity contribution in [2.24, 2.45) is 5.92 Å². The molecule has 122 valence electrons. The van der Waals surface area contributed by atoms with Crippen LogP contribution < -0.4 is 0 Å². The van der Waals surface area contributed by atoms with Gasteiger partial charge in [-0.25, -0.2) is 0 Å². The highest BCUT2D eigenvalue weighted by atomic mass is 32.2. The maximum atomic E-state index is 11.2. The minimum absolute atomic E-state index is 0.0827. The van der Waals surface area contributed by atoms with Crippen molar-refractivity contribution < 1.29 is 5.11 Å². The minimum atomic E-state index is -0.371. The summed E-state index contributed by atoms with van der Waals surface area (Å²) in [5, 5.41) is 11.2. The van der Waals surface area contributed by atoms with Crippen LogP contribution in [0.25, 0.3) is 0 Å². The zero-order valence-electron chi connectivity index (χ0n) is 13.7. The molecule has 0 aromatic heterocycles. The first-order valence-corrected chi connectivity index (χ1v) is 10.7. The maximum Gasteiger partial charge on any atom is 0.132 e. The van der Waals surface area contributed by atoms with Crippen molar-refractivity contribution in [3.8, 4) is 0 Å². The van der Waals surface area contributed by atoms with Crippen molar-refractivity contribution in [2.45, 2.75) is 55.0 Å². The Hall–Kier alpha value is -0.160. The van der Waals surface area contributed by atoms with Crippen LogP contribution >= 0.6 is 23.5 Å². The van der Waals surface area contributed by atoms with E-state index in [1.165, 1.54) is 18.4 Å². The predicted octanol–water partition coefficient (Wildman–Crippen LogP) is 4.36. The van der Waals surface area contributed by atoms with Gasteiger partial charge in [0, 0.05) is 12.1 Å². The van der Waals surface area contributed by atoms with Crippen molar-refractivity contribution in [2.75, 3.05) is 12.5 Å². The van der Waals surface area contributed by atoms with Crippen LogP contribution in [-0.4, -0.2) is 38.9 Å². The molecule has 2 fully saturated rings. The summed E-state index contributed by atoms with van der Waals surface area (Å²) >= 11 is 3.65. The summed E-state index contributed by atoms with van der Waals surface area (Å²) in [5.74, 6) is 0.677. The second kappa shape index (κ2) is 6.76. The Morgan fingerprint density at radius 1 is 1.09 bits per heavy atom. The van der Waals surface area contributed by atoms with Crippen molar-refractivity contribution in [3.63, 3.8) is 0 Å². The Morgan fingerprint density at radius 2 is 1.77 bits per heavy atom. The molecule has 2 saturated heterocycles. The fourth-order valence-corrected chi connectivity index (χ4v) is 6.27. The number of rotatable bonds is 3. The number of nitrogens with zero attached hydrogens (tertiary/aromatic N) is 1. The Bertz CT molecular complexity index is 491. The van der Waals surface area contributed by atoms with Gasteiger partial charge in [-0.3, -0.25) is 4.90 Å². The van der Waals surface area contributed by atoms with E-state index in [0.717, 1.165) is 12.8 Å². The molecule has 3 rings (SSSR count). The Labute approximate surface area is 143 Å². The van der Waals surface area contributed by atoms with Crippen LogP contribution in [0, 0.1) is 5.92 Å². The van der Waals surface area contributed by atoms with Gasteiger partial charge in [0.1, 0.15) is 6.23 Å². The van der Waals surface area contributed by atoms with Gasteiger partial charge in [-0.1, -0.05) is 37.3 Å². The number of hydrogen-bond acceptors (Lipinski definition) is 4. The van der Waals surface area contributed by atoms with Crippen LogP contribution in [0.2, 0.25) is 0 Å². The Balaban J connectivity index is 1.96. The molecule has 0 unspecified atom stereocenters. The zero-order valence-corrected chi connectivity index (χ0v) is 15.4. The third-order valence-corrected chi connectivity index (χ3v) is 8.85. The van der Waals surface area contributed by atoms with Gasteiger partial charge in [0.2, 0.25) is 0 Å². The van der Waals surface area contributed by atoms with E-state index < -0.39 is 0 Å². The van der Waals surface area contributed by atoms with Crippen LogP contribution in [0.5, 0.6) is 0 Å². The fraction of sp³-hybridized carbons (Fsp3) is 0.667. The predicted molar refractivity (Wildman–Crippen MR) is 98.2 cm³/mol. The molecular weight excluding hydrogens is 310 g/mol. The first-order chi connectivity index (χ1) is 10.6. The topological polar surface area (TPSA) is 23.5 Å².